The van der Waals surface area contributed by atoms with Crippen LogP contribution in [-0.4, -0.2) is 51.7 Å². The zero-order chi connectivity index (χ0) is 27.1. The summed E-state index contributed by atoms with van der Waals surface area (Å²) in [5.41, 5.74) is 2.83. The van der Waals surface area contributed by atoms with Gasteiger partial charge in [0, 0.05) is 0 Å². The van der Waals surface area contributed by atoms with Crippen LogP contribution in [0.15, 0.2) is 47.1 Å². The molecule has 1 aromatic rings. The second kappa shape index (κ2) is 10.5. The lowest BCUT2D eigenvalue weighted by Gasteiger charge is -2.57. The maximum atomic E-state index is 12.4. The van der Waals surface area contributed by atoms with Gasteiger partial charge in [-0.2, -0.15) is 0 Å². The predicted molar refractivity (Wildman–Crippen MR) is 142 cm³/mol. The molecule has 0 radical (unpaired) electrons. The molecular formula is C30H40N2O6. The summed E-state index contributed by atoms with van der Waals surface area (Å²) in [5.74, 6) is -0.0813. The number of hydrogen-bond acceptors (Lipinski definition) is 6. The first kappa shape index (κ1) is 26.9. The number of nitrogens with zero attached hydrogens (tertiary/aromatic N) is 1. The number of fused-ring (bicyclic) bond motifs is 5. The fourth-order valence-corrected chi connectivity index (χ4v) is 8.12. The normalized spacial score (nSPS) is 36.7. The number of aliphatic carboxylic acids is 1. The van der Waals surface area contributed by atoms with Gasteiger partial charge in [-0.05, 0) is 91.6 Å². The Morgan fingerprint density at radius 2 is 1.84 bits per heavy atom. The molecular weight excluding hydrogens is 484 g/mol. The Morgan fingerprint density at radius 3 is 2.58 bits per heavy atom. The lowest BCUT2D eigenvalue weighted by Crippen LogP contribution is -2.51. The molecule has 8 nitrogen and oxygen atoms in total. The number of carbonyl (C=O) groups excluding carboxylic acids is 1. The van der Waals surface area contributed by atoms with Gasteiger partial charge in [-0.3, -0.25) is 4.79 Å². The molecule has 0 aromatic heterocycles. The first-order valence-corrected chi connectivity index (χ1v) is 14.0. The molecule has 0 saturated heterocycles. The molecule has 1 amide bonds. The summed E-state index contributed by atoms with van der Waals surface area (Å²) in [6.45, 7) is 4.28. The summed E-state index contributed by atoms with van der Waals surface area (Å²) < 4.78 is 0. The highest BCUT2D eigenvalue weighted by molar-refractivity contribution is 5.96. The van der Waals surface area contributed by atoms with E-state index in [2.05, 4.69) is 30.4 Å². The Bertz CT molecular complexity index is 1120. The van der Waals surface area contributed by atoms with E-state index >= 15 is 0 Å². The molecule has 8 heteroatoms. The van der Waals surface area contributed by atoms with Crippen LogP contribution in [0.1, 0.15) is 76.9 Å². The molecule has 3 saturated carbocycles. The summed E-state index contributed by atoms with van der Waals surface area (Å²) in [5, 5.41) is 37.2. The minimum absolute atomic E-state index is 0.0746. The zero-order valence-corrected chi connectivity index (χ0v) is 22.3. The highest BCUT2D eigenvalue weighted by atomic mass is 16.6. The fourth-order valence-electron chi connectivity index (χ4n) is 8.12. The van der Waals surface area contributed by atoms with Crippen molar-refractivity contribution in [3.05, 3.63) is 47.5 Å². The molecule has 3 fully saturated rings. The third-order valence-corrected chi connectivity index (χ3v) is 10.3. The highest BCUT2D eigenvalue weighted by Crippen LogP contribution is 2.65. The smallest absolute Gasteiger partial charge is 0.329 e. The van der Waals surface area contributed by atoms with Crippen molar-refractivity contribution < 1.29 is 29.7 Å². The van der Waals surface area contributed by atoms with Crippen molar-refractivity contribution in [3.63, 3.8) is 0 Å². The largest absolute Gasteiger partial charge is 0.480 e. The average Bonchev–Trinajstić information content (AvgIpc) is 3.21. The average molecular weight is 525 g/mol. The first-order valence-electron chi connectivity index (χ1n) is 14.0. The molecule has 8 atom stereocenters. The Labute approximate surface area is 224 Å². The number of carboxylic acid groups (broad SMARTS) is 1. The van der Waals surface area contributed by atoms with Crippen LogP contribution in [0.3, 0.4) is 0 Å². The number of aliphatic hydroxyl groups excluding tert-OH is 2. The predicted octanol–water partition coefficient (Wildman–Crippen LogP) is 3.99. The number of allylic oxidation sites excluding steroid dienone is 2. The summed E-state index contributed by atoms with van der Waals surface area (Å²) in [4.78, 5) is 29.4. The van der Waals surface area contributed by atoms with E-state index in [4.69, 9.17) is 4.84 Å². The van der Waals surface area contributed by atoms with E-state index < -0.39 is 30.6 Å². The van der Waals surface area contributed by atoms with Crippen LogP contribution in [0, 0.1) is 28.6 Å². The van der Waals surface area contributed by atoms with Crippen LogP contribution in [0.5, 0.6) is 0 Å². The summed E-state index contributed by atoms with van der Waals surface area (Å²) in [6, 6.07) is 6.87. The van der Waals surface area contributed by atoms with Crippen molar-refractivity contribution >= 4 is 17.6 Å². The van der Waals surface area contributed by atoms with Crippen LogP contribution in [0.25, 0.3) is 0 Å². The van der Waals surface area contributed by atoms with Crippen molar-refractivity contribution in [2.24, 2.45) is 33.7 Å². The number of oxime groups is 1. The minimum Gasteiger partial charge on any atom is -0.480 e. The Balaban J connectivity index is 1.19. The number of benzene rings is 1. The van der Waals surface area contributed by atoms with Gasteiger partial charge in [-0.25, -0.2) is 4.79 Å². The number of nitrogens with one attached hydrogen (secondary N) is 1. The van der Waals surface area contributed by atoms with Crippen molar-refractivity contribution in [1.29, 1.82) is 0 Å². The molecule has 0 unspecified atom stereocenters. The molecule has 1 aromatic carbocycles. The van der Waals surface area contributed by atoms with Crippen LogP contribution in [0.2, 0.25) is 0 Å². The van der Waals surface area contributed by atoms with Gasteiger partial charge in [-0.15, -0.1) is 0 Å². The van der Waals surface area contributed by atoms with Gasteiger partial charge in [0.25, 0.3) is 5.91 Å². The fraction of sp³-hybridized carbons (Fsp3) is 0.633. The Hall–Kier alpha value is -2.71. The maximum absolute atomic E-state index is 12.4. The van der Waals surface area contributed by atoms with Gasteiger partial charge < -0.3 is 25.5 Å². The lowest BCUT2D eigenvalue weighted by atomic mass is 9.47. The van der Waals surface area contributed by atoms with E-state index in [9.17, 15) is 24.9 Å². The summed E-state index contributed by atoms with van der Waals surface area (Å²) >= 11 is 0. The van der Waals surface area contributed by atoms with E-state index in [-0.39, 0.29) is 16.9 Å². The van der Waals surface area contributed by atoms with E-state index in [1.165, 1.54) is 5.57 Å². The Morgan fingerprint density at radius 1 is 1.08 bits per heavy atom. The van der Waals surface area contributed by atoms with Gasteiger partial charge in [0.15, 0.2) is 12.6 Å². The van der Waals surface area contributed by atoms with Gasteiger partial charge in [0.05, 0.1) is 11.8 Å². The van der Waals surface area contributed by atoms with Crippen molar-refractivity contribution in [1.82, 2.24) is 5.32 Å². The van der Waals surface area contributed by atoms with E-state index in [0.717, 1.165) is 57.1 Å². The second-order valence-corrected chi connectivity index (χ2v) is 12.2. The zero-order valence-electron chi connectivity index (χ0n) is 22.3. The molecule has 4 N–H and O–H groups in total. The van der Waals surface area contributed by atoms with E-state index in [1.807, 2.05) is 0 Å². The van der Waals surface area contributed by atoms with Crippen LogP contribution in [0.4, 0.5) is 0 Å². The standard InChI is InChI=1S/C30H40N2O6/c1-29-14-12-20(16-19(29)8-9-21-22-10-11-24(33)30(22,2)15-13-23(21)29)32-38-17-25(34)31-26(28(36)37)27(35)18-6-4-3-5-7-18/h3-7,16,21-24,26-27,33,35H,8-15,17H2,1-2H3,(H,31,34)(H,36,37)/t21-,22+,23-,24-,26+,27-,29+,30+/m1/s1. The number of amides is 1. The summed E-state index contributed by atoms with van der Waals surface area (Å²) in [7, 11) is 0. The monoisotopic (exact) mass is 524 g/mol. The van der Waals surface area contributed by atoms with Crippen molar-refractivity contribution in [2.45, 2.75) is 83.5 Å². The molecule has 0 bridgehead atoms. The van der Waals surface area contributed by atoms with E-state index in [1.54, 1.807) is 30.3 Å². The SMILES string of the molecule is C[C@]12CC[C@@H]3[C@H](CCC4=CC(=NOCC(=O)N[C@H](C(=O)O)[C@H](O)c5ccccc5)CC[C@@]43C)[C@@H]1CC[C@H]2O. The quantitative estimate of drug-likeness (QED) is 0.400. The van der Waals surface area contributed by atoms with Crippen molar-refractivity contribution in [3.8, 4) is 0 Å². The highest BCUT2D eigenvalue weighted by Gasteiger charge is 2.58. The lowest BCUT2D eigenvalue weighted by molar-refractivity contribution is -0.146. The number of hydrogen-bond donors (Lipinski definition) is 4. The van der Waals surface area contributed by atoms with E-state index in [0.29, 0.717) is 23.3 Å². The first-order chi connectivity index (χ1) is 18.1. The van der Waals surface area contributed by atoms with Crippen molar-refractivity contribution in [2.75, 3.05) is 6.61 Å². The molecule has 4 aliphatic rings. The van der Waals surface area contributed by atoms with Gasteiger partial charge in [0.1, 0.15) is 6.10 Å². The molecule has 38 heavy (non-hydrogen) atoms. The van der Waals surface area contributed by atoms with Gasteiger partial charge in [0.2, 0.25) is 0 Å². The number of carbonyl (C=O) groups is 2. The second-order valence-electron chi connectivity index (χ2n) is 12.2. The van der Waals surface area contributed by atoms with Crippen LogP contribution >= 0.6 is 0 Å². The molecule has 0 spiro atoms. The summed E-state index contributed by atoms with van der Waals surface area (Å²) in [6.07, 6.45) is 8.86. The third kappa shape index (κ3) is 4.77. The molecule has 206 valence electrons. The molecule has 0 aliphatic heterocycles. The number of rotatable bonds is 7. The number of aliphatic hydroxyl groups is 2. The van der Waals surface area contributed by atoms with Gasteiger partial charge in [-0.1, -0.05) is 54.9 Å². The van der Waals surface area contributed by atoms with Crippen LogP contribution in [-0.2, 0) is 14.4 Å². The minimum atomic E-state index is -1.49. The molecule has 4 aliphatic carbocycles. The van der Waals surface area contributed by atoms with Gasteiger partial charge >= 0.3 is 5.97 Å². The molecule has 0 heterocycles. The third-order valence-electron chi connectivity index (χ3n) is 10.3. The Kier molecular flexibility index (Phi) is 7.40. The maximum Gasteiger partial charge on any atom is 0.329 e. The van der Waals surface area contributed by atoms with Crippen LogP contribution < -0.4 is 5.32 Å². The molecule has 5 rings (SSSR count). The number of carboxylic acids is 1. The topological polar surface area (TPSA) is 128 Å².